The second kappa shape index (κ2) is 11.7. The Morgan fingerprint density at radius 3 is 2.70 bits per heavy atom. The molecule has 3 rings (SSSR count). The summed E-state index contributed by atoms with van der Waals surface area (Å²) in [5.74, 6) is 0.614. The van der Waals surface area contributed by atoms with Crippen molar-refractivity contribution in [3.8, 4) is 5.75 Å². The summed E-state index contributed by atoms with van der Waals surface area (Å²) in [6.45, 7) is 6.10. The molecule has 0 aliphatic rings. The molecule has 3 amide bonds. The third-order valence-electron chi connectivity index (χ3n) is 5.28. The maximum Gasteiger partial charge on any atom is 0.322 e. The lowest BCUT2D eigenvalue weighted by Crippen LogP contribution is -2.36. The van der Waals surface area contributed by atoms with Gasteiger partial charge in [-0.3, -0.25) is 4.79 Å². The number of hydrogen-bond donors (Lipinski definition) is 2. The number of imidazole rings is 1. The number of urea groups is 1. The van der Waals surface area contributed by atoms with E-state index < -0.39 is 0 Å². The Bertz CT molecular complexity index is 1070. The van der Waals surface area contributed by atoms with Gasteiger partial charge in [0.1, 0.15) is 5.75 Å². The van der Waals surface area contributed by atoms with Gasteiger partial charge in [0.25, 0.3) is 5.91 Å². The number of carbonyl (C=O) groups excluding carboxylic acids is 2. The number of amides is 3. The van der Waals surface area contributed by atoms with Gasteiger partial charge in [-0.1, -0.05) is 18.2 Å². The highest BCUT2D eigenvalue weighted by Gasteiger charge is 2.17. The van der Waals surface area contributed by atoms with Gasteiger partial charge in [0.05, 0.1) is 19.5 Å². The second-order valence-electron chi connectivity index (χ2n) is 7.66. The Morgan fingerprint density at radius 1 is 1.18 bits per heavy atom. The fourth-order valence-electron chi connectivity index (χ4n) is 3.54. The molecule has 0 bridgehead atoms. The van der Waals surface area contributed by atoms with E-state index >= 15 is 0 Å². The third-order valence-corrected chi connectivity index (χ3v) is 5.28. The Kier molecular flexibility index (Phi) is 8.46. The number of hydrogen-bond acceptors (Lipinski definition) is 4. The van der Waals surface area contributed by atoms with E-state index in [-0.39, 0.29) is 11.9 Å². The quantitative estimate of drug-likeness (QED) is 0.488. The van der Waals surface area contributed by atoms with E-state index in [1.165, 1.54) is 0 Å². The lowest BCUT2D eigenvalue weighted by Gasteiger charge is -2.25. The summed E-state index contributed by atoms with van der Waals surface area (Å²) in [4.78, 5) is 31.0. The van der Waals surface area contributed by atoms with Crippen LogP contribution in [0.2, 0.25) is 0 Å². The van der Waals surface area contributed by atoms with Crippen molar-refractivity contribution in [1.29, 1.82) is 0 Å². The molecule has 0 radical (unpaired) electrons. The Hall–Kier alpha value is -3.81. The van der Waals surface area contributed by atoms with Crippen LogP contribution in [0.4, 0.5) is 10.5 Å². The minimum Gasteiger partial charge on any atom is -0.494 e. The van der Waals surface area contributed by atoms with Crippen LogP contribution in [0.1, 0.15) is 34.8 Å². The topological polar surface area (TPSA) is 88.5 Å². The lowest BCUT2D eigenvalue weighted by atomic mass is 10.1. The average Bonchev–Trinajstić information content (AvgIpc) is 3.34. The number of rotatable bonds is 10. The van der Waals surface area contributed by atoms with E-state index in [1.54, 1.807) is 42.7 Å². The van der Waals surface area contributed by atoms with Crippen molar-refractivity contribution in [1.82, 2.24) is 19.8 Å². The smallest absolute Gasteiger partial charge is 0.322 e. The second-order valence-corrected chi connectivity index (χ2v) is 7.66. The predicted molar refractivity (Wildman–Crippen MR) is 128 cm³/mol. The lowest BCUT2D eigenvalue weighted by molar-refractivity contribution is 0.0963. The highest BCUT2D eigenvalue weighted by Crippen LogP contribution is 2.22. The Labute approximate surface area is 194 Å². The van der Waals surface area contributed by atoms with Gasteiger partial charge in [0, 0.05) is 49.3 Å². The van der Waals surface area contributed by atoms with Crippen LogP contribution in [0.25, 0.3) is 0 Å². The molecule has 33 heavy (non-hydrogen) atoms. The number of aromatic nitrogens is 2. The SMILES string of the molecule is CCOc1ccccc1CN(CCCn1ccnc1)C(=O)Nc1ccc(C(=O)NC)cc1C. The predicted octanol–water partition coefficient (Wildman–Crippen LogP) is 4.07. The number of aryl methyl sites for hydroxylation is 2. The van der Waals surface area contributed by atoms with Crippen LogP contribution in [0.15, 0.2) is 61.2 Å². The largest absolute Gasteiger partial charge is 0.494 e. The van der Waals surface area contributed by atoms with Gasteiger partial charge >= 0.3 is 6.03 Å². The third kappa shape index (κ3) is 6.58. The minimum absolute atomic E-state index is 0.162. The highest BCUT2D eigenvalue weighted by molar-refractivity contribution is 5.96. The molecule has 0 unspecified atom stereocenters. The van der Waals surface area contributed by atoms with Gasteiger partial charge in [-0.25, -0.2) is 9.78 Å². The molecule has 0 aliphatic carbocycles. The van der Waals surface area contributed by atoms with Crippen molar-refractivity contribution in [3.05, 3.63) is 77.9 Å². The maximum absolute atomic E-state index is 13.3. The van der Waals surface area contributed by atoms with E-state index in [4.69, 9.17) is 4.74 Å². The first-order valence-electron chi connectivity index (χ1n) is 11.1. The number of benzene rings is 2. The molecule has 1 aromatic heterocycles. The van der Waals surface area contributed by atoms with Crippen molar-refractivity contribution >= 4 is 17.6 Å². The molecule has 0 atom stereocenters. The van der Waals surface area contributed by atoms with Crippen LogP contribution in [0.5, 0.6) is 5.75 Å². The van der Waals surface area contributed by atoms with Crippen molar-refractivity contribution in [2.24, 2.45) is 0 Å². The van der Waals surface area contributed by atoms with Crippen LogP contribution in [0, 0.1) is 6.92 Å². The van der Waals surface area contributed by atoms with Gasteiger partial charge in [0.2, 0.25) is 0 Å². The molecule has 0 aliphatic heterocycles. The summed E-state index contributed by atoms with van der Waals surface area (Å²) in [5, 5.41) is 5.62. The van der Waals surface area contributed by atoms with Crippen LogP contribution in [-0.2, 0) is 13.1 Å². The molecule has 2 N–H and O–H groups in total. The first-order chi connectivity index (χ1) is 16.0. The normalized spacial score (nSPS) is 10.5. The summed E-state index contributed by atoms with van der Waals surface area (Å²) < 4.78 is 7.75. The first-order valence-corrected chi connectivity index (χ1v) is 11.1. The fourth-order valence-corrected chi connectivity index (χ4v) is 3.54. The first kappa shape index (κ1) is 23.8. The Morgan fingerprint density at radius 2 is 2.00 bits per heavy atom. The minimum atomic E-state index is -0.206. The summed E-state index contributed by atoms with van der Waals surface area (Å²) in [6, 6.07) is 12.8. The zero-order valence-electron chi connectivity index (χ0n) is 19.4. The molecule has 3 aromatic rings. The molecule has 2 aromatic carbocycles. The van der Waals surface area contributed by atoms with Crippen molar-refractivity contribution < 1.29 is 14.3 Å². The molecule has 0 fully saturated rings. The van der Waals surface area contributed by atoms with E-state index in [9.17, 15) is 9.59 Å². The van der Waals surface area contributed by atoms with Gasteiger partial charge in [0.15, 0.2) is 0 Å². The van der Waals surface area contributed by atoms with Crippen LogP contribution in [0.3, 0.4) is 0 Å². The molecular weight excluding hydrogens is 418 g/mol. The molecule has 0 spiro atoms. The standard InChI is InChI=1S/C25H31N5O3/c1-4-33-23-9-6-5-8-21(23)17-30(14-7-13-29-15-12-27-18-29)25(32)28-22-11-10-20(16-19(22)2)24(31)26-3/h5-6,8-12,15-16,18H,4,7,13-14,17H2,1-3H3,(H,26,31)(H,28,32). The zero-order chi connectivity index (χ0) is 23.6. The summed E-state index contributed by atoms with van der Waals surface area (Å²) in [7, 11) is 1.59. The zero-order valence-corrected chi connectivity index (χ0v) is 19.4. The van der Waals surface area contributed by atoms with Gasteiger partial charge in [-0.05, 0) is 50.1 Å². The van der Waals surface area contributed by atoms with Crippen molar-refractivity contribution in [2.45, 2.75) is 33.4 Å². The number of nitrogens with one attached hydrogen (secondary N) is 2. The molecule has 0 saturated heterocycles. The van der Waals surface area contributed by atoms with Gasteiger partial charge < -0.3 is 24.8 Å². The summed E-state index contributed by atoms with van der Waals surface area (Å²) in [6.07, 6.45) is 6.20. The number of para-hydroxylation sites is 1. The van der Waals surface area contributed by atoms with E-state index in [2.05, 4.69) is 15.6 Å². The molecule has 1 heterocycles. The fraction of sp³-hybridized carbons (Fsp3) is 0.320. The molecule has 0 saturated carbocycles. The van der Waals surface area contributed by atoms with Crippen LogP contribution < -0.4 is 15.4 Å². The molecule has 8 nitrogen and oxygen atoms in total. The number of nitrogens with zero attached hydrogens (tertiary/aromatic N) is 3. The summed E-state index contributed by atoms with van der Waals surface area (Å²) in [5.41, 5.74) is 2.99. The van der Waals surface area contributed by atoms with E-state index in [0.717, 1.165) is 29.8 Å². The molecule has 8 heteroatoms. The molecular formula is C25H31N5O3. The number of anilines is 1. The number of ether oxygens (including phenoxy) is 1. The van der Waals surface area contributed by atoms with Crippen molar-refractivity contribution in [2.75, 3.05) is 25.5 Å². The average molecular weight is 450 g/mol. The highest BCUT2D eigenvalue weighted by atomic mass is 16.5. The van der Waals surface area contributed by atoms with E-state index in [1.807, 2.05) is 48.9 Å². The monoisotopic (exact) mass is 449 g/mol. The van der Waals surface area contributed by atoms with Gasteiger partial charge in [-0.2, -0.15) is 0 Å². The van der Waals surface area contributed by atoms with Crippen LogP contribution >= 0.6 is 0 Å². The van der Waals surface area contributed by atoms with Crippen LogP contribution in [-0.4, -0.2) is 46.6 Å². The summed E-state index contributed by atoms with van der Waals surface area (Å²) >= 11 is 0. The Balaban J connectivity index is 1.76. The van der Waals surface area contributed by atoms with E-state index in [0.29, 0.717) is 30.9 Å². The maximum atomic E-state index is 13.3. The van der Waals surface area contributed by atoms with Crippen molar-refractivity contribution in [3.63, 3.8) is 0 Å². The molecule has 174 valence electrons. The number of carbonyl (C=O) groups is 2. The van der Waals surface area contributed by atoms with Gasteiger partial charge in [-0.15, -0.1) is 0 Å².